The standard InChI is InChI=1S/C12H22O3/c1-8-5-6-9(2)12(15,7-8)11(3,4)10(13)14/h8-9,15H,5-7H2,1-4H3,(H,13,14). The van der Waals surface area contributed by atoms with E-state index in [4.69, 9.17) is 0 Å². The van der Waals surface area contributed by atoms with Crippen molar-refractivity contribution < 1.29 is 15.0 Å². The molecule has 0 aromatic rings. The van der Waals surface area contributed by atoms with Crippen molar-refractivity contribution in [3.63, 3.8) is 0 Å². The summed E-state index contributed by atoms with van der Waals surface area (Å²) in [5.41, 5.74) is -2.14. The lowest BCUT2D eigenvalue weighted by molar-refractivity contribution is -0.181. The van der Waals surface area contributed by atoms with Crippen molar-refractivity contribution in [2.45, 2.75) is 52.6 Å². The maximum absolute atomic E-state index is 11.2. The van der Waals surface area contributed by atoms with Crippen LogP contribution in [0.25, 0.3) is 0 Å². The zero-order valence-corrected chi connectivity index (χ0v) is 10.1. The van der Waals surface area contributed by atoms with Crippen LogP contribution in [0, 0.1) is 17.3 Å². The maximum atomic E-state index is 11.2. The molecule has 0 aromatic carbocycles. The Labute approximate surface area is 91.5 Å². The number of rotatable bonds is 2. The second-order valence-electron chi connectivity index (χ2n) is 5.64. The Hall–Kier alpha value is -0.570. The Morgan fingerprint density at radius 2 is 1.87 bits per heavy atom. The molecule has 3 heteroatoms. The molecule has 15 heavy (non-hydrogen) atoms. The third-order valence-electron chi connectivity index (χ3n) is 4.18. The zero-order chi connectivity index (χ0) is 11.9. The van der Waals surface area contributed by atoms with Crippen LogP contribution in [0.1, 0.15) is 47.0 Å². The Morgan fingerprint density at radius 1 is 1.33 bits per heavy atom. The first-order valence-electron chi connectivity index (χ1n) is 5.67. The van der Waals surface area contributed by atoms with Crippen LogP contribution in [0.5, 0.6) is 0 Å². The van der Waals surface area contributed by atoms with Crippen molar-refractivity contribution in [2.75, 3.05) is 0 Å². The molecule has 1 saturated carbocycles. The van der Waals surface area contributed by atoms with Gasteiger partial charge in [0.1, 0.15) is 0 Å². The van der Waals surface area contributed by atoms with E-state index < -0.39 is 17.0 Å². The number of aliphatic carboxylic acids is 1. The largest absolute Gasteiger partial charge is 0.481 e. The molecule has 0 bridgehead atoms. The number of carboxylic acid groups (broad SMARTS) is 1. The van der Waals surface area contributed by atoms with E-state index in [1.807, 2.05) is 6.92 Å². The topological polar surface area (TPSA) is 57.5 Å². The smallest absolute Gasteiger partial charge is 0.312 e. The van der Waals surface area contributed by atoms with Gasteiger partial charge in [-0.3, -0.25) is 4.79 Å². The average molecular weight is 214 g/mol. The minimum Gasteiger partial charge on any atom is -0.481 e. The van der Waals surface area contributed by atoms with Gasteiger partial charge in [-0.15, -0.1) is 0 Å². The van der Waals surface area contributed by atoms with Gasteiger partial charge in [0.05, 0.1) is 11.0 Å². The molecule has 1 aliphatic carbocycles. The van der Waals surface area contributed by atoms with Crippen molar-refractivity contribution in [1.29, 1.82) is 0 Å². The van der Waals surface area contributed by atoms with Gasteiger partial charge in [0.2, 0.25) is 0 Å². The molecule has 3 unspecified atom stereocenters. The molecular formula is C12H22O3. The lowest BCUT2D eigenvalue weighted by atomic mass is 9.60. The summed E-state index contributed by atoms with van der Waals surface area (Å²) >= 11 is 0. The summed E-state index contributed by atoms with van der Waals surface area (Å²) < 4.78 is 0. The van der Waals surface area contributed by atoms with Gasteiger partial charge in [0, 0.05) is 0 Å². The van der Waals surface area contributed by atoms with Crippen LogP contribution in [0.15, 0.2) is 0 Å². The first-order valence-corrected chi connectivity index (χ1v) is 5.67. The summed E-state index contributed by atoms with van der Waals surface area (Å²) in [6, 6.07) is 0. The molecule has 88 valence electrons. The predicted molar refractivity (Wildman–Crippen MR) is 58.5 cm³/mol. The minimum absolute atomic E-state index is 0.0554. The van der Waals surface area contributed by atoms with E-state index in [1.165, 1.54) is 0 Å². The van der Waals surface area contributed by atoms with Crippen LogP contribution in [0.3, 0.4) is 0 Å². The molecule has 0 aliphatic heterocycles. The van der Waals surface area contributed by atoms with Gasteiger partial charge in [-0.25, -0.2) is 0 Å². The van der Waals surface area contributed by atoms with Gasteiger partial charge in [-0.2, -0.15) is 0 Å². The molecule has 1 aliphatic rings. The number of hydrogen-bond donors (Lipinski definition) is 2. The van der Waals surface area contributed by atoms with Gasteiger partial charge < -0.3 is 10.2 Å². The first-order chi connectivity index (χ1) is 6.72. The summed E-state index contributed by atoms with van der Waals surface area (Å²) in [6.07, 6.45) is 2.58. The normalized spacial score (nSPS) is 37.7. The summed E-state index contributed by atoms with van der Waals surface area (Å²) in [5.74, 6) is -0.449. The van der Waals surface area contributed by atoms with Crippen LogP contribution in [-0.2, 0) is 4.79 Å². The Bertz CT molecular complexity index is 260. The Balaban J connectivity index is 3.01. The Morgan fingerprint density at radius 3 is 2.33 bits per heavy atom. The van der Waals surface area contributed by atoms with Crippen LogP contribution in [0.4, 0.5) is 0 Å². The van der Waals surface area contributed by atoms with Crippen molar-refractivity contribution in [3.05, 3.63) is 0 Å². The number of carbonyl (C=O) groups is 1. The lowest BCUT2D eigenvalue weighted by Crippen LogP contribution is -2.56. The molecule has 0 saturated heterocycles. The fourth-order valence-corrected chi connectivity index (χ4v) is 2.66. The van der Waals surface area contributed by atoms with E-state index in [-0.39, 0.29) is 5.92 Å². The third kappa shape index (κ3) is 1.89. The first kappa shape index (κ1) is 12.5. The maximum Gasteiger partial charge on any atom is 0.312 e. The van der Waals surface area contributed by atoms with E-state index in [9.17, 15) is 15.0 Å². The van der Waals surface area contributed by atoms with Gasteiger partial charge >= 0.3 is 5.97 Å². The molecule has 1 fully saturated rings. The Kier molecular flexibility index (Phi) is 3.15. The van der Waals surface area contributed by atoms with Crippen molar-refractivity contribution in [2.24, 2.45) is 17.3 Å². The quantitative estimate of drug-likeness (QED) is 0.741. The minimum atomic E-state index is -1.07. The molecule has 0 amide bonds. The number of aliphatic hydroxyl groups is 1. The monoisotopic (exact) mass is 214 g/mol. The van der Waals surface area contributed by atoms with Gasteiger partial charge in [0.15, 0.2) is 0 Å². The zero-order valence-electron chi connectivity index (χ0n) is 10.1. The van der Waals surface area contributed by atoms with Gasteiger partial charge in [-0.05, 0) is 38.5 Å². The summed E-state index contributed by atoms with van der Waals surface area (Å²) in [5, 5.41) is 19.8. The third-order valence-corrected chi connectivity index (χ3v) is 4.18. The van der Waals surface area contributed by atoms with Gasteiger partial charge in [0.25, 0.3) is 0 Å². The van der Waals surface area contributed by atoms with Crippen LogP contribution < -0.4 is 0 Å². The molecule has 3 nitrogen and oxygen atoms in total. The highest BCUT2D eigenvalue weighted by molar-refractivity contribution is 5.75. The van der Waals surface area contributed by atoms with Crippen molar-refractivity contribution in [3.8, 4) is 0 Å². The molecule has 2 N–H and O–H groups in total. The summed E-state index contributed by atoms with van der Waals surface area (Å²) in [4.78, 5) is 11.2. The molecule has 0 radical (unpaired) electrons. The second kappa shape index (κ2) is 3.78. The van der Waals surface area contributed by atoms with E-state index in [2.05, 4.69) is 6.92 Å². The molecule has 3 atom stereocenters. The van der Waals surface area contributed by atoms with Crippen LogP contribution >= 0.6 is 0 Å². The van der Waals surface area contributed by atoms with E-state index in [1.54, 1.807) is 13.8 Å². The van der Waals surface area contributed by atoms with E-state index in [0.29, 0.717) is 12.3 Å². The second-order valence-corrected chi connectivity index (χ2v) is 5.64. The fraction of sp³-hybridized carbons (Fsp3) is 0.917. The van der Waals surface area contributed by atoms with Crippen molar-refractivity contribution >= 4 is 5.97 Å². The summed E-state index contributed by atoms with van der Waals surface area (Å²) in [6.45, 7) is 7.29. The highest BCUT2D eigenvalue weighted by atomic mass is 16.4. The average Bonchev–Trinajstić information content (AvgIpc) is 2.11. The highest BCUT2D eigenvalue weighted by Gasteiger charge is 2.54. The van der Waals surface area contributed by atoms with Gasteiger partial charge in [-0.1, -0.05) is 20.3 Å². The fourth-order valence-electron chi connectivity index (χ4n) is 2.66. The molecule has 0 aromatic heterocycles. The van der Waals surface area contributed by atoms with Crippen molar-refractivity contribution in [1.82, 2.24) is 0 Å². The molecular weight excluding hydrogens is 192 g/mol. The molecule has 1 rings (SSSR count). The highest BCUT2D eigenvalue weighted by Crippen LogP contribution is 2.47. The molecule has 0 heterocycles. The van der Waals surface area contributed by atoms with Crippen LogP contribution in [0.2, 0.25) is 0 Å². The number of carboxylic acids is 1. The summed E-state index contributed by atoms with van der Waals surface area (Å²) in [7, 11) is 0. The lowest BCUT2D eigenvalue weighted by Gasteiger charge is -2.48. The van der Waals surface area contributed by atoms with E-state index in [0.717, 1.165) is 12.8 Å². The van der Waals surface area contributed by atoms with Crippen LogP contribution in [-0.4, -0.2) is 21.8 Å². The predicted octanol–water partition coefficient (Wildman–Crippen LogP) is 2.28. The number of hydrogen-bond acceptors (Lipinski definition) is 2. The molecule has 0 spiro atoms. The van der Waals surface area contributed by atoms with E-state index >= 15 is 0 Å². The SMILES string of the molecule is CC1CCC(C)C(O)(C(C)(C)C(=O)O)C1.